The van der Waals surface area contributed by atoms with Gasteiger partial charge in [-0.15, -0.1) is 0 Å². The number of carbonyl (C=O) groups excluding carboxylic acids is 1. The molecule has 1 fully saturated rings. The second kappa shape index (κ2) is 7.47. The quantitative estimate of drug-likeness (QED) is 0.784. The zero-order valence-corrected chi connectivity index (χ0v) is 14.0. The number of aromatic nitrogens is 2. The van der Waals surface area contributed by atoms with E-state index in [2.05, 4.69) is 10.1 Å². The average molecular weight is 330 g/mol. The van der Waals surface area contributed by atoms with Gasteiger partial charge in [0.2, 0.25) is 5.89 Å². The van der Waals surface area contributed by atoms with Crippen LogP contribution < -0.4 is 4.74 Å². The van der Waals surface area contributed by atoms with Crippen LogP contribution >= 0.6 is 0 Å². The summed E-state index contributed by atoms with van der Waals surface area (Å²) in [7, 11) is 3.08. The molecule has 0 radical (unpaired) electrons. The molecule has 0 unspecified atom stereocenters. The van der Waals surface area contributed by atoms with Gasteiger partial charge in [0, 0.05) is 12.3 Å². The first-order chi connectivity index (χ1) is 11.7. The minimum atomic E-state index is -0.143. The molecule has 6 heteroatoms. The van der Waals surface area contributed by atoms with Crippen molar-refractivity contribution in [3.8, 4) is 5.75 Å². The average Bonchev–Trinajstić information content (AvgIpc) is 3.09. The highest BCUT2D eigenvalue weighted by Crippen LogP contribution is 2.36. The van der Waals surface area contributed by atoms with E-state index < -0.39 is 0 Å². The van der Waals surface area contributed by atoms with Crippen LogP contribution in [0.5, 0.6) is 5.75 Å². The fourth-order valence-electron chi connectivity index (χ4n) is 3.26. The molecular weight excluding hydrogens is 308 g/mol. The Balaban J connectivity index is 1.67. The Morgan fingerprint density at radius 1 is 1.33 bits per heavy atom. The minimum Gasteiger partial charge on any atom is -0.497 e. The third kappa shape index (κ3) is 3.75. The molecule has 1 aliphatic rings. The number of benzene rings is 1. The third-order valence-electron chi connectivity index (χ3n) is 4.54. The molecule has 0 spiro atoms. The first kappa shape index (κ1) is 16.5. The zero-order chi connectivity index (χ0) is 16.9. The van der Waals surface area contributed by atoms with Gasteiger partial charge in [0.25, 0.3) is 0 Å². The van der Waals surface area contributed by atoms with Crippen LogP contribution in [0.25, 0.3) is 0 Å². The summed E-state index contributed by atoms with van der Waals surface area (Å²) in [5, 5.41) is 4.09. The van der Waals surface area contributed by atoms with Gasteiger partial charge in [-0.1, -0.05) is 23.7 Å². The predicted octanol–water partition coefficient (Wildman–Crippen LogP) is 3.12. The number of hydrogen-bond donors (Lipinski definition) is 0. The van der Waals surface area contributed by atoms with E-state index in [4.69, 9.17) is 14.0 Å². The lowest BCUT2D eigenvalue weighted by atomic mass is 9.81. The fourth-order valence-corrected chi connectivity index (χ4v) is 3.26. The van der Waals surface area contributed by atoms with Gasteiger partial charge in [-0.05, 0) is 37.0 Å². The Bertz CT molecular complexity index is 698. The summed E-state index contributed by atoms with van der Waals surface area (Å²) in [6, 6.07) is 7.81. The SMILES string of the molecule is COC(=O)[C@H]1CCC[C@H](c2nc(Cc3cccc(OC)c3)no2)C1. The number of ether oxygens (including phenoxy) is 2. The predicted molar refractivity (Wildman–Crippen MR) is 86.8 cm³/mol. The molecule has 1 saturated carbocycles. The highest BCUT2D eigenvalue weighted by Gasteiger charge is 2.31. The Morgan fingerprint density at radius 3 is 3.00 bits per heavy atom. The van der Waals surface area contributed by atoms with Crippen LogP contribution in [-0.4, -0.2) is 30.3 Å². The van der Waals surface area contributed by atoms with E-state index in [0.717, 1.165) is 30.6 Å². The van der Waals surface area contributed by atoms with E-state index in [1.54, 1.807) is 7.11 Å². The maximum Gasteiger partial charge on any atom is 0.308 e. The molecule has 1 heterocycles. The molecule has 0 bridgehead atoms. The Kier molecular flexibility index (Phi) is 5.13. The van der Waals surface area contributed by atoms with E-state index >= 15 is 0 Å². The van der Waals surface area contributed by atoms with Crippen LogP contribution in [0.3, 0.4) is 0 Å². The number of hydrogen-bond acceptors (Lipinski definition) is 6. The number of carbonyl (C=O) groups is 1. The molecule has 0 aliphatic heterocycles. The normalized spacial score (nSPS) is 20.6. The summed E-state index contributed by atoms with van der Waals surface area (Å²) in [6.07, 6.45) is 4.11. The molecule has 1 aromatic carbocycles. The van der Waals surface area contributed by atoms with Crippen molar-refractivity contribution in [2.75, 3.05) is 14.2 Å². The topological polar surface area (TPSA) is 74.5 Å². The van der Waals surface area contributed by atoms with Gasteiger partial charge in [0.05, 0.1) is 20.1 Å². The lowest BCUT2D eigenvalue weighted by Gasteiger charge is -2.24. The Morgan fingerprint density at radius 2 is 2.21 bits per heavy atom. The smallest absolute Gasteiger partial charge is 0.308 e. The van der Waals surface area contributed by atoms with Crippen LogP contribution in [0, 0.1) is 5.92 Å². The molecule has 0 saturated heterocycles. The summed E-state index contributed by atoms with van der Waals surface area (Å²) >= 11 is 0. The summed E-state index contributed by atoms with van der Waals surface area (Å²) in [4.78, 5) is 16.3. The monoisotopic (exact) mass is 330 g/mol. The molecule has 0 N–H and O–H groups in total. The maximum atomic E-state index is 11.7. The van der Waals surface area contributed by atoms with Gasteiger partial charge in [-0.3, -0.25) is 4.79 Å². The van der Waals surface area contributed by atoms with Crippen molar-refractivity contribution in [1.29, 1.82) is 0 Å². The van der Waals surface area contributed by atoms with Crippen molar-refractivity contribution in [2.45, 2.75) is 38.0 Å². The lowest BCUT2D eigenvalue weighted by molar-refractivity contribution is -0.146. The molecule has 128 valence electrons. The van der Waals surface area contributed by atoms with Crippen molar-refractivity contribution >= 4 is 5.97 Å². The third-order valence-corrected chi connectivity index (χ3v) is 4.54. The van der Waals surface area contributed by atoms with E-state index in [0.29, 0.717) is 24.6 Å². The summed E-state index contributed by atoms with van der Waals surface area (Å²) < 4.78 is 15.5. The van der Waals surface area contributed by atoms with Crippen molar-refractivity contribution in [3.05, 3.63) is 41.5 Å². The number of nitrogens with zero attached hydrogens (tertiary/aromatic N) is 2. The molecule has 1 aliphatic carbocycles. The molecule has 6 nitrogen and oxygen atoms in total. The van der Waals surface area contributed by atoms with Crippen LogP contribution in [0.1, 0.15) is 48.9 Å². The van der Waals surface area contributed by atoms with Crippen molar-refractivity contribution < 1.29 is 18.8 Å². The summed E-state index contributed by atoms with van der Waals surface area (Å²) in [5.74, 6) is 2.01. The molecule has 1 aromatic heterocycles. The van der Waals surface area contributed by atoms with Crippen LogP contribution in [0.4, 0.5) is 0 Å². The van der Waals surface area contributed by atoms with Gasteiger partial charge in [0.1, 0.15) is 5.75 Å². The first-order valence-corrected chi connectivity index (χ1v) is 8.23. The van der Waals surface area contributed by atoms with Crippen molar-refractivity contribution in [1.82, 2.24) is 10.1 Å². The second-order valence-electron chi connectivity index (χ2n) is 6.16. The van der Waals surface area contributed by atoms with Crippen LogP contribution in [-0.2, 0) is 16.0 Å². The first-order valence-electron chi connectivity index (χ1n) is 8.23. The molecule has 2 atom stereocenters. The minimum absolute atomic E-state index is 0.0671. The Labute approximate surface area is 141 Å². The molecule has 0 amide bonds. The van der Waals surface area contributed by atoms with Crippen LogP contribution in [0.2, 0.25) is 0 Å². The van der Waals surface area contributed by atoms with Crippen LogP contribution in [0.15, 0.2) is 28.8 Å². The van der Waals surface area contributed by atoms with Gasteiger partial charge in [-0.2, -0.15) is 4.98 Å². The summed E-state index contributed by atoms with van der Waals surface area (Å²) in [5.41, 5.74) is 1.07. The molecule has 24 heavy (non-hydrogen) atoms. The number of esters is 1. The van der Waals surface area contributed by atoms with Gasteiger partial charge in [0.15, 0.2) is 5.82 Å². The highest BCUT2D eigenvalue weighted by molar-refractivity contribution is 5.72. The second-order valence-corrected chi connectivity index (χ2v) is 6.16. The lowest BCUT2D eigenvalue weighted by Crippen LogP contribution is -2.23. The largest absolute Gasteiger partial charge is 0.497 e. The fraction of sp³-hybridized carbons (Fsp3) is 0.500. The number of rotatable bonds is 5. The standard InChI is InChI=1S/C18H22N2O4/c1-22-15-8-3-5-12(9-15)10-16-19-17(24-20-16)13-6-4-7-14(11-13)18(21)23-2/h3,5,8-9,13-14H,4,6-7,10-11H2,1-2H3/t13-,14-/m0/s1. The van der Waals surface area contributed by atoms with E-state index in [1.165, 1.54) is 7.11 Å². The van der Waals surface area contributed by atoms with Crippen molar-refractivity contribution in [2.24, 2.45) is 5.92 Å². The molecular formula is C18H22N2O4. The van der Waals surface area contributed by atoms with E-state index in [-0.39, 0.29) is 17.8 Å². The number of methoxy groups -OCH3 is 2. The van der Waals surface area contributed by atoms with Gasteiger partial charge < -0.3 is 14.0 Å². The Hall–Kier alpha value is -2.37. The summed E-state index contributed by atoms with van der Waals surface area (Å²) in [6.45, 7) is 0. The van der Waals surface area contributed by atoms with E-state index in [9.17, 15) is 4.79 Å². The van der Waals surface area contributed by atoms with E-state index in [1.807, 2.05) is 24.3 Å². The van der Waals surface area contributed by atoms with Gasteiger partial charge in [-0.25, -0.2) is 0 Å². The molecule has 2 aromatic rings. The van der Waals surface area contributed by atoms with Gasteiger partial charge >= 0.3 is 5.97 Å². The molecule has 3 rings (SSSR count). The maximum absolute atomic E-state index is 11.7. The zero-order valence-electron chi connectivity index (χ0n) is 14.0. The van der Waals surface area contributed by atoms with Crippen molar-refractivity contribution in [3.63, 3.8) is 0 Å². The highest BCUT2D eigenvalue weighted by atomic mass is 16.5.